The van der Waals surface area contributed by atoms with E-state index < -0.39 is 0 Å². The van der Waals surface area contributed by atoms with E-state index in [0.717, 1.165) is 31.9 Å². The number of rotatable bonds is 5. The highest BCUT2D eigenvalue weighted by Gasteiger charge is 2.19. The number of aryl methyl sites for hydroxylation is 1. The fourth-order valence-corrected chi connectivity index (χ4v) is 4.02. The van der Waals surface area contributed by atoms with E-state index in [1.807, 2.05) is 0 Å². The number of nitriles is 1. The van der Waals surface area contributed by atoms with Gasteiger partial charge in [-0.3, -0.25) is 4.99 Å². The van der Waals surface area contributed by atoms with Crippen LogP contribution >= 0.6 is 24.0 Å². The van der Waals surface area contributed by atoms with Crippen LogP contribution in [0.2, 0.25) is 0 Å². The number of hydrogen-bond acceptors (Lipinski definition) is 4. The maximum absolute atomic E-state index is 13.2. The van der Waals surface area contributed by atoms with Crippen molar-refractivity contribution in [2.75, 3.05) is 25.9 Å². The first-order chi connectivity index (χ1) is 15.6. The van der Waals surface area contributed by atoms with Gasteiger partial charge in [-0.1, -0.05) is 24.3 Å². The molecule has 2 aromatic carbocycles. The lowest BCUT2D eigenvalue weighted by Gasteiger charge is -2.31. The van der Waals surface area contributed by atoms with E-state index in [9.17, 15) is 9.65 Å². The van der Waals surface area contributed by atoms with E-state index in [1.54, 1.807) is 19.2 Å². The van der Waals surface area contributed by atoms with Crippen molar-refractivity contribution in [3.05, 3.63) is 76.7 Å². The Bertz CT molecular complexity index is 1160. The minimum atomic E-state index is -0.336. The van der Waals surface area contributed by atoms with Crippen LogP contribution in [0.15, 0.2) is 53.5 Å². The van der Waals surface area contributed by atoms with Gasteiger partial charge in [0, 0.05) is 26.7 Å². The summed E-state index contributed by atoms with van der Waals surface area (Å²) in [5, 5.41) is 17.5. The Morgan fingerprint density at radius 1 is 1.21 bits per heavy atom. The molecule has 0 spiro atoms. The average Bonchev–Trinajstić information content (AvgIpc) is 3.14. The Hall–Kier alpha value is -3.13. The largest absolute Gasteiger partial charge is 0.382 e. The topological polar surface area (TPSA) is 95.3 Å². The molecule has 0 aliphatic carbocycles. The van der Waals surface area contributed by atoms with Gasteiger partial charge in [-0.2, -0.15) is 10.4 Å². The molecule has 1 aromatic heterocycles. The number of guanidine groups is 1. The van der Waals surface area contributed by atoms with Crippen molar-refractivity contribution < 1.29 is 4.39 Å². The smallest absolute Gasteiger partial charge is 0.193 e. The van der Waals surface area contributed by atoms with E-state index in [-0.39, 0.29) is 35.6 Å². The lowest BCUT2D eigenvalue weighted by Crippen LogP contribution is -2.44. The number of nitrogens with zero attached hydrogens (tertiary/aromatic N) is 5. The molecule has 0 radical (unpaired) electrons. The van der Waals surface area contributed by atoms with Crippen LogP contribution in [0.5, 0.6) is 0 Å². The van der Waals surface area contributed by atoms with Crippen LogP contribution in [-0.2, 0) is 19.4 Å². The summed E-state index contributed by atoms with van der Waals surface area (Å²) < 4.78 is 14.7. The molecule has 3 N–H and O–H groups in total. The van der Waals surface area contributed by atoms with Crippen LogP contribution in [0.1, 0.15) is 28.8 Å². The second kappa shape index (κ2) is 11.1. The Kier molecular flexibility index (Phi) is 8.27. The number of hydrogen-bond donors (Lipinski definition) is 2. The van der Waals surface area contributed by atoms with Gasteiger partial charge in [-0.25, -0.2) is 9.07 Å². The molecule has 0 saturated heterocycles. The van der Waals surface area contributed by atoms with Crippen molar-refractivity contribution in [1.82, 2.24) is 20.0 Å². The third kappa shape index (κ3) is 5.45. The summed E-state index contributed by atoms with van der Waals surface area (Å²) in [6.07, 6.45) is 2.36. The number of anilines is 1. The van der Waals surface area contributed by atoms with Crippen molar-refractivity contribution in [1.29, 1.82) is 5.26 Å². The number of nitrogen functional groups attached to an aromatic ring is 1. The van der Waals surface area contributed by atoms with E-state index >= 15 is 0 Å². The van der Waals surface area contributed by atoms with Gasteiger partial charge in [0.2, 0.25) is 0 Å². The van der Waals surface area contributed by atoms with Crippen LogP contribution < -0.4 is 11.1 Å². The zero-order valence-corrected chi connectivity index (χ0v) is 20.8. The van der Waals surface area contributed by atoms with Gasteiger partial charge in [0.1, 0.15) is 23.3 Å². The number of nitrogens with one attached hydrogen (secondary N) is 1. The summed E-state index contributed by atoms with van der Waals surface area (Å²) in [7, 11) is 1.79. The van der Waals surface area contributed by atoms with Crippen molar-refractivity contribution in [2.45, 2.75) is 25.8 Å². The molecule has 9 heteroatoms. The van der Waals surface area contributed by atoms with Gasteiger partial charge in [0.25, 0.3) is 0 Å². The van der Waals surface area contributed by atoms with Gasteiger partial charge in [-0.15, -0.1) is 24.0 Å². The van der Waals surface area contributed by atoms with Crippen LogP contribution in [0, 0.1) is 17.1 Å². The van der Waals surface area contributed by atoms with E-state index in [1.165, 1.54) is 27.9 Å². The molecule has 0 saturated carbocycles. The molecule has 0 amide bonds. The highest BCUT2D eigenvalue weighted by Crippen LogP contribution is 2.22. The minimum Gasteiger partial charge on any atom is -0.382 e. The van der Waals surface area contributed by atoms with E-state index in [0.29, 0.717) is 29.9 Å². The van der Waals surface area contributed by atoms with Gasteiger partial charge >= 0.3 is 0 Å². The number of nitrogens with two attached hydrogens (primary N) is 1. The van der Waals surface area contributed by atoms with Crippen molar-refractivity contribution >= 4 is 35.8 Å². The zero-order valence-electron chi connectivity index (χ0n) is 18.5. The molecule has 3 aromatic rings. The van der Waals surface area contributed by atoms with E-state index in [4.69, 9.17) is 5.73 Å². The third-order valence-electron chi connectivity index (χ3n) is 5.69. The number of benzene rings is 2. The molecular formula is C24H27FIN7. The fourth-order valence-electron chi connectivity index (χ4n) is 4.02. The van der Waals surface area contributed by atoms with Crippen LogP contribution in [-0.4, -0.2) is 40.8 Å². The maximum atomic E-state index is 13.2. The predicted molar refractivity (Wildman–Crippen MR) is 138 cm³/mol. The Balaban J connectivity index is 0.00000306. The number of aliphatic imine (C=N–C) groups is 1. The summed E-state index contributed by atoms with van der Waals surface area (Å²) in [6, 6.07) is 16.5. The minimum absolute atomic E-state index is 0. The van der Waals surface area contributed by atoms with Crippen molar-refractivity contribution in [3.8, 4) is 11.8 Å². The second-order valence-corrected chi connectivity index (χ2v) is 7.72. The Morgan fingerprint density at radius 2 is 1.94 bits per heavy atom. The molecule has 7 nitrogen and oxygen atoms in total. The van der Waals surface area contributed by atoms with Gasteiger partial charge in [0.05, 0.1) is 11.4 Å². The molecule has 172 valence electrons. The maximum Gasteiger partial charge on any atom is 0.193 e. The normalized spacial score (nSPS) is 13.1. The summed E-state index contributed by atoms with van der Waals surface area (Å²) in [5.41, 5.74) is 10.5. The van der Waals surface area contributed by atoms with Gasteiger partial charge in [0.15, 0.2) is 5.96 Å². The SMILES string of the molecule is CN=C(NCCCc1nn(-c2ccc(F)cc2)c(N)c1C#N)N1CCc2ccccc2C1.I. The molecule has 1 aliphatic rings. The molecule has 0 fully saturated rings. The standard InChI is InChI=1S/C24H26FN7.HI/c1-28-24(31-14-12-17-5-2-3-6-18(17)16-31)29-13-4-7-22-21(15-26)23(27)32(30-22)20-10-8-19(25)9-11-20;/h2-3,5-6,8-11H,4,7,12-14,16,27H2,1H3,(H,28,29);1H. The molecule has 2 heterocycles. The number of fused-ring (bicyclic) bond motifs is 1. The first-order valence-electron chi connectivity index (χ1n) is 10.7. The van der Waals surface area contributed by atoms with Gasteiger partial charge < -0.3 is 16.0 Å². The van der Waals surface area contributed by atoms with Crippen LogP contribution in [0.4, 0.5) is 10.2 Å². The molecule has 4 rings (SSSR count). The molecule has 0 atom stereocenters. The van der Waals surface area contributed by atoms with Crippen molar-refractivity contribution in [3.63, 3.8) is 0 Å². The molecule has 1 aliphatic heterocycles. The molecule has 0 unspecified atom stereocenters. The quantitative estimate of drug-likeness (QED) is 0.216. The fraction of sp³-hybridized carbons (Fsp3) is 0.292. The number of halogens is 2. The van der Waals surface area contributed by atoms with E-state index in [2.05, 4.69) is 50.6 Å². The number of aromatic nitrogens is 2. The summed E-state index contributed by atoms with van der Waals surface area (Å²) >= 11 is 0. The Morgan fingerprint density at radius 3 is 2.64 bits per heavy atom. The zero-order chi connectivity index (χ0) is 22.5. The third-order valence-corrected chi connectivity index (χ3v) is 5.69. The molecule has 0 bridgehead atoms. The highest BCUT2D eigenvalue weighted by atomic mass is 127. The molecular weight excluding hydrogens is 532 g/mol. The highest BCUT2D eigenvalue weighted by molar-refractivity contribution is 14.0. The summed E-state index contributed by atoms with van der Waals surface area (Å²) in [6.45, 7) is 2.46. The predicted octanol–water partition coefficient (Wildman–Crippen LogP) is 3.65. The lowest BCUT2D eigenvalue weighted by atomic mass is 10.0. The van der Waals surface area contributed by atoms with Crippen LogP contribution in [0.25, 0.3) is 5.69 Å². The first kappa shape index (κ1) is 24.5. The summed E-state index contributed by atoms with van der Waals surface area (Å²) in [5.74, 6) is 0.804. The van der Waals surface area contributed by atoms with Crippen LogP contribution in [0.3, 0.4) is 0 Å². The second-order valence-electron chi connectivity index (χ2n) is 7.72. The van der Waals surface area contributed by atoms with Crippen molar-refractivity contribution in [2.24, 2.45) is 4.99 Å². The Labute approximate surface area is 210 Å². The summed E-state index contributed by atoms with van der Waals surface area (Å²) in [4.78, 5) is 6.69. The average molecular weight is 559 g/mol. The first-order valence-corrected chi connectivity index (χ1v) is 10.7. The monoisotopic (exact) mass is 559 g/mol. The van der Waals surface area contributed by atoms with Gasteiger partial charge in [-0.05, 0) is 54.7 Å². The lowest BCUT2D eigenvalue weighted by molar-refractivity contribution is 0.378. The molecule has 33 heavy (non-hydrogen) atoms.